The molecular formula is C15H26IN5OS. The molecule has 1 rings (SSSR count). The van der Waals surface area contributed by atoms with Gasteiger partial charge >= 0.3 is 0 Å². The molecule has 0 aliphatic carbocycles. The Labute approximate surface area is 159 Å². The fourth-order valence-electron chi connectivity index (χ4n) is 1.46. The van der Waals surface area contributed by atoms with E-state index in [2.05, 4.69) is 46.4 Å². The molecule has 2 N–H and O–H groups in total. The summed E-state index contributed by atoms with van der Waals surface area (Å²) >= 11 is 1.62. The van der Waals surface area contributed by atoms with Gasteiger partial charge in [-0.15, -0.1) is 41.9 Å². The largest absolute Gasteiger partial charge is 0.353 e. The van der Waals surface area contributed by atoms with E-state index in [0.29, 0.717) is 25.0 Å². The number of aromatic nitrogens is 1. The average Bonchev–Trinajstić information content (AvgIpc) is 2.95. The molecule has 0 radical (unpaired) electrons. The van der Waals surface area contributed by atoms with Gasteiger partial charge in [0.25, 0.3) is 0 Å². The van der Waals surface area contributed by atoms with E-state index >= 15 is 0 Å². The second-order valence-electron chi connectivity index (χ2n) is 5.30. The maximum Gasteiger partial charge on any atom is 0.243 e. The molecule has 130 valence electrons. The molecule has 0 spiro atoms. The lowest BCUT2D eigenvalue weighted by atomic mass is 10.2. The number of nitrogens with zero attached hydrogens (tertiary/aromatic N) is 3. The Bertz CT molecular complexity index is 528. The highest BCUT2D eigenvalue weighted by atomic mass is 127. The minimum Gasteiger partial charge on any atom is -0.353 e. The van der Waals surface area contributed by atoms with Crippen LogP contribution in [-0.2, 0) is 11.3 Å². The molecular weight excluding hydrogens is 425 g/mol. The topological polar surface area (TPSA) is 69.6 Å². The van der Waals surface area contributed by atoms with E-state index in [1.807, 2.05) is 0 Å². The van der Waals surface area contributed by atoms with E-state index < -0.39 is 0 Å². The summed E-state index contributed by atoms with van der Waals surface area (Å²) in [4.78, 5) is 22.0. The van der Waals surface area contributed by atoms with Crippen LogP contribution in [0.1, 0.15) is 30.5 Å². The van der Waals surface area contributed by atoms with E-state index in [-0.39, 0.29) is 36.4 Å². The highest BCUT2D eigenvalue weighted by Crippen LogP contribution is 2.17. The van der Waals surface area contributed by atoms with Crippen molar-refractivity contribution in [3.05, 3.63) is 28.7 Å². The smallest absolute Gasteiger partial charge is 0.243 e. The van der Waals surface area contributed by atoms with Crippen LogP contribution in [0.25, 0.3) is 0 Å². The number of hydrogen-bond donors (Lipinski definition) is 2. The SMILES string of the molecule is C=CCNC(=NCC(=O)N(C)C)NCc1nc(C(C)C)cs1.I. The van der Waals surface area contributed by atoms with Crippen LogP contribution in [-0.4, -0.2) is 48.9 Å². The maximum absolute atomic E-state index is 11.6. The zero-order chi connectivity index (χ0) is 16.5. The number of rotatable bonds is 7. The number of halogens is 1. The summed E-state index contributed by atoms with van der Waals surface area (Å²) in [5, 5.41) is 9.35. The predicted molar refractivity (Wildman–Crippen MR) is 108 cm³/mol. The summed E-state index contributed by atoms with van der Waals surface area (Å²) in [6.45, 7) is 9.18. The standard InChI is InChI=1S/C15H25N5OS.HI/c1-6-7-16-15(18-9-14(21)20(4)5)17-8-13-19-12(10-22-13)11(2)3;/h6,10-11H,1,7-9H2,2-5H3,(H2,16,17,18);1H. The summed E-state index contributed by atoms with van der Waals surface area (Å²) in [5.74, 6) is 0.960. The summed E-state index contributed by atoms with van der Waals surface area (Å²) in [5.41, 5.74) is 1.10. The Morgan fingerprint density at radius 1 is 1.48 bits per heavy atom. The Morgan fingerprint density at radius 2 is 2.17 bits per heavy atom. The molecule has 8 heteroatoms. The second kappa shape index (κ2) is 11.4. The lowest BCUT2D eigenvalue weighted by Crippen LogP contribution is -2.38. The Balaban J connectivity index is 0.00000484. The molecule has 0 unspecified atom stereocenters. The normalized spacial score (nSPS) is 10.9. The van der Waals surface area contributed by atoms with Crippen LogP contribution < -0.4 is 10.6 Å². The van der Waals surface area contributed by atoms with Crippen molar-refractivity contribution in [1.29, 1.82) is 0 Å². The van der Waals surface area contributed by atoms with Gasteiger partial charge < -0.3 is 15.5 Å². The van der Waals surface area contributed by atoms with Crippen molar-refractivity contribution >= 4 is 47.2 Å². The Morgan fingerprint density at radius 3 is 2.70 bits per heavy atom. The van der Waals surface area contributed by atoms with E-state index in [1.165, 1.54) is 4.90 Å². The third kappa shape index (κ3) is 8.31. The van der Waals surface area contributed by atoms with E-state index in [4.69, 9.17) is 0 Å². The van der Waals surface area contributed by atoms with Gasteiger partial charge in [-0.1, -0.05) is 19.9 Å². The van der Waals surface area contributed by atoms with Crippen LogP contribution in [0, 0.1) is 0 Å². The van der Waals surface area contributed by atoms with Gasteiger partial charge in [-0.25, -0.2) is 9.98 Å². The van der Waals surface area contributed by atoms with E-state index in [1.54, 1.807) is 31.5 Å². The van der Waals surface area contributed by atoms with Crippen molar-refractivity contribution in [1.82, 2.24) is 20.5 Å². The fraction of sp³-hybridized carbons (Fsp3) is 0.533. The van der Waals surface area contributed by atoms with Crippen LogP contribution in [0.4, 0.5) is 0 Å². The first-order valence-corrected chi connectivity index (χ1v) is 8.09. The molecule has 0 atom stereocenters. The molecule has 0 saturated heterocycles. The number of amides is 1. The Kier molecular flexibility index (Phi) is 10.8. The van der Waals surface area contributed by atoms with Gasteiger partial charge in [0.05, 0.1) is 12.2 Å². The van der Waals surface area contributed by atoms with Crippen molar-refractivity contribution in [3.63, 3.8) is 0 Å². The van der Waals surface area contributed by atoms with Crippen LogP contribution in [0.5, 0.6) is 0 Å². The molecule has 0 aromatic carbocycles. The summed E-state index contributed by atoms with van der Waals surface area (Å²) in [6.07, 6.45) is 1.74. The maximum atomic E-state index is 11.6. The van der Waals surface area contributed by atoms with Crippen molar-refractivity contribution in [3.8, 4) is 0 Å². The highest BCUT2D eigenvalue weighted by Gasteiger charge is 2.07. The molecule has 0 saturated carbocycles. The monoisotopic (exact) mass is 451 g/mol. The van der Waals surface area contributed by atoms with Gasteiger partial charge in [-0.3, -0.25) is 4.79 Å². The van der Waals surface area contributed by atoms with Gasteiger partial charge in [0.2, 0.25) is 5.91 Å². The minimum absolute atomic E-state index is 0. The van der Waals surface area contributed by atoms with Crippen molar-refractivity contribution in [2.75, 3.05) is 27.2 Å². The zero-order valence-corrected chi connectivity index (χ0v) is 17.3. The molecule has 0 aliphatic heterocycles. The van der Waals surface area contributed by atoms with Crippen molar-refractivity contribution in [2.24, 2.45) is 4.99 Å². The predicted octanol–water partition coefficient (Wildman–Crippen LogP) is 2.19. The fourth-order valence-corrected chi connectivity index (χ4v) is 2.36. The molecule has 23 heavy (non-hydrogen) atoms. The number of hydrogen-bond acceptors (Lipinski definition) is 4. The molecule has 0 bridgehead atoms. The summed E-state index contributed by atoms with van der Waals surface area (Å²) in [6, 6.07) is 0. The minimum atomic E-state index is -0.0453. The average molecular weight is 451 g/mol. The van der Waals surface area contributed by atoms with Gasteiger partial charge in [0.1, 0.15) is 11.6 Å². The van der Waals surface area contributed by atoms with Gasteiger partial charge in [-0.05, 0) is 5.92 Å². The number of likely N-dealkylation sites (N-methyl/N-ethyl adjacent to an activating group) is 1. The third-order valence-corrected chi connectivity index (χ3v) is 3.72. The van der Waals surface area contributed by atoms with Crippen molar-refractivity contribution in [2.45, 2.75) is 26.3 Å². The van der Waals surface area contributed by atoms with Gasteiger partial charge in [0.15, 0.2) is 5.96 Å². The lowest BCUT2D eigenvalue weighted by molar-refractivity contribution is -0.127. The van der Waals surface area contributed by atoms with Crippen LogP contribution in [0.15, 0.2) is 23.0 Å². The first kappa shape index (κ1) is 21.8. The number of thiazole rings is 1. The number of carbonyl (C=O) groups excluding carboxylic acids is 1. The quantitative estimate of drug-likeness (QED) is 0.289. The first-order valence-electron chi connectivity index (χ1n) is 7.21. The molecule has 1 aromatic heterocycles. The van der Waals surface area contributed by atoms with Crippen LogP contribution >= 0.6 is 35.3 Å². The van der Waals surface area contributed by atoms with Gasteiger partial charge in [0, 0.05) is 26.0 Å². The Hall–Kier alpha value is -1.16. The second-order valence-corrected chi connectivity index (χ2v) is 6.24. The molecule has 0 aliphatic rings. The van der Waals surface area contributed by atoms with Crippen molar-refractivity contribution < 1.29 is 4.79 Å². The van der Waals surface area contributed by atoms with Crippen LogP contribution in [0.2, 0.25) is 0 Å². The first-order chi connectivity index (χ1) is 10.4. The van der Waals surface area contributed by atoms with E-state index in [9.17, 15) is 4.79 Å². The number of aliphatic imine (C=N–C) groups is 1. The molecule has 6 nitrogen and oxygen atoms in total. The zero-order valence-electron chi connectivity index (χ0n) is 14.1. The summed E-state index contributed by atoms with van der Waals surface area (Å²) < 4.78 is 0. The highest BCUT2D eigenvalue weighted by molar-refractivity contribution is 14.0. The summed E-state index contributed by atoms with van der Waals surface area (Å²) in [7, 11) is 3.43. The lowest BCUT2D eigenvalue weighted by Gasteiger charge is -2.12. The van der Waals surface area contributed by atoms with Crippen LogP contribution in [0.3, 0.4) is 0 Å². The third-order valence-electron chi connectivity index (χ3n) is 2.85. The molecule has 1 amide bonds. The van der Waals surface area contributed by atoms with E-state index in [0.717, 1.165) is 10.7 Å². The number of nitrogens with one attached hydrogen (secondary N) is 2. The molecule has 1 aromatic rings. The molecule has 1 heterocycles. The van der Waals surface area contributed by atoms with Gasteiger partial charge in [-0.2, -0.15) is 0 Å². The molecule has 0 fully saturated rings. The number of carbonyl (C=O) groups is 1. The number of guanidine groups is 1.